The molecule has 1 aromatic heterocycles. The maximum Gasteiger partial charge on any atom is 0.433 e. The van der Waals surface area contributed by atoms with Crippen molar-refractivity contribution in [3.8, 4) is 0 Å². The maximum atomic E-state index is 12.5. The third kappa shape index (κ3) is 4.72. The van der Waals surface area contributed by atoms with Crippen LogP contribution in [0.15, 0.2) is 12.3 Å². The van der Waals surface area contributed by atoms with Crippen LogP contribution in [0.5, 0.6) is 0 Å². The van der Waals surface area contributed by atoms with Gasteiger partial charge in [0, 0.05) is 12.7 Å². The van der Waals surface area contributed by atoms with E-state index >= 15 is 0 Å². The molecule has 0 atom stereocenters. The minimum atomic E-state index is -4.58. The Labute approximate surface area is 108 Å². The van der Waals surface area contributed by atoms with Crippen LogP contribution in [0, 0.1) is 5.92 Å². The summed E-state index contributed by atoms with van der Waals surface area (Å²) in [7, 11) is 0. The third-order valence-electron chi connectivity index (χ3n) is 2.13. The fourth-order valence-electron chi connectivity index (χ4n) is 1.48. The van der Waals surface area contributed by atoms with Crippen LogP contribution in [0.25, 0.3) is 0 Å². The topological polar surface area (TPSA) is 66.3 Å². The van der Waals surface area contributed by atoms with Crippen molar-refractivity contribution < 1.29 is 23.1 Å². The zero-order chi connectivity index (χ0) is 14.6. The van der Waals surface area contributed by atoms with Gasteiger partial charge in [-0.1, -0.05) is 13.8 Å². The lowest BCUT2D eigenvalue weighted by molar-refractivity contribution is -0.141. The molecule has 1 rings (SSSR count). The van der Waals surface area contributed by atoms with E-state index in [0.717, 1.165) is 12.3 Å². The number of aromatic nitrogens is 2. The van der Waals surface area contributed by atoms with Gasteiger partial charge < -0.3 is 10.0 Å². The van der Waals surface area contributed by atoms with Crippen molar-refractivity contribution in [3.05, 3.63) is 18.0 Å². The van der Waals surface area contributed by atoms with E-state index in [4.69, 9.17) is 5.11 Å². The minimum absolute atomic E-state index is 0.0671. The molecular weight excluding hydrogens is 263 g/mol. The van der Waals surface area contributed by atoms with E-state index in [9.17, 15) is 18.0 Å². The molecule has 5 nitrogen and oxygen atoms in total. The predicted octanol–water partition coefficient (Wildman–Crippen LogP) is 2.04. The van der Waals surface area contributed by atoms with Gasteiger partial charge in [0.15, 0.2) is 0 Å². The van der Waals surface area contributed by atoms with Gasteiger partial charge in [0.2, 0.25) is 5.95 Å². The highest BCUT2D eigenvalue weighted by atomic mass is 19.4. The van der Waals surface area contributed by atoms with Gasteiger partial charge in [-0.15, -0.1) is 0 Å². The van der Waals surface area contributed by atoms with Crippen LogP contribution in [0.1, 0.15) is 19.5 Å². The second-order valence-corrected chi connectivity index (χ2v) is 4.41. The summed E-state index contributed by atoms with van der Waals surface area (Å²) in [6, 6.07) is 0.748. The molecule has 0 aliphatic carbocycles. The summed E-state index contributed by atoms with van der Waals surface area (Å²) < 4.78 is 37.6. The van der Waals surface area contributed by atoms with Crippen molar-refractivity contribution in [3.63, 3.8) is 0 Å². The van der Waals surface area contributed by atoms with Crippen LogP contribution in [0.3, 0.4) is 0 Å². The van der Waals surface area contributed by atoms with Gasteiger partial charge in [0.05, 0.1) is 0 Å². The lowest BCUT2D eigenvalue weighted by Crippen LogP contribution is -2.34. The van der Waals surface area contributed by atoms with Gasteiger partial charge in [-0.2, -0.15) is 13.2 Å². The quantitative estimate of drug-likeness (QED) is 0.892. The Balaban J connectivity index is 3.04. The number of rotatable bonds is 5. The van der Waals surface area contributed by atoms with Gasteiger partial charge in [0.25, 0.3) is 0 Å². The molecule has 0 spiro atoms. The molecule has 0 bridgehead atoms. The molecule has 0 saturated carbocycles. The van der Waals surface area contributed by atoms with Crippen LogP contribution < -0.4 is 4.90 Å². The molecule has 8 heteroatoms. The Morgan fingerprint density at radius 2 is 2.11 bits per heavy atom. The van der Waals surface area contributed by atoms with Gasteiger partial charge in [-0.05, 0) is 12.0 Å². The summed E-state index contributed by atoms with van der Waals surface area (Å²) in [5.41, 5.74) is -1.09. The Morgan fingerprint density at radius 3 is 2.58 bits per heavy atom. The molecule has 0 amide bonds. The monoisotopic (exact) mass is 277 g/mol. The summed E-state index contributed by atoms with van der Waals surface area (Å²) >= 11 is 0. The smallest absolute Gasteiger partial charge is 0.433 e. The van der Waals surface area contributed by atoms with Crippen LogP contribution in [0.4, 0.5) is 19.1 Å². The molecule has 0 aliphatic rings. The Morgan fingerprint density at radius 1 is 1.47 bits per heavy atom. The van der Waals surface area contributed by atoms with Crippen molar-refractivity contribution in [1.82, 2.24) is 9.97 Å². The van der Waals surface area contributed by atoms with E-state index in [0.29, 0.717) is 0 Å². The summed E-state index contributed by atoms with van der Waals surface area (Å²) in [6.45, 7) is 3.46. The highest BCUT2D eigenvalue weighted by molar-refractivity contribution is 5.72. The molecule has 0 aliphatic heterocycles. The predicted molar refractivity (Wildman–Crippen MR) is 61.7 cm³/mol. The molecule has 19 heavy (non-hydrogen) atoms. The first kappa shape index (κ1) is 15.2. The third-order valence-corrected chi connectivity index (χ3v) is 2.13. The summed E-state index contributed by atoms with van der Waals surface area (Å²) in [5, 5.41) is 8.77. The number of anilines is 1. The van der Waals surface area contributed by atoms with Crippen molar-refractivity contribution in [2.45, 2.75) is 20.0 Å². The molecule has 0 unspecified atom stereocenters. The standard InChI is InChI=1S/C11H14F3N3O2/c1-7(2)5-17(6-9(18)19)10-15-4-3-8(16-10)11(12,13)14/h3-4,7H,5-6H2,1-2H3,(H,18,19). The maximum absolute atomic E-state index is 12.5. The molecule has 1 aromatic rings. The highest BCUT2D eigenvalue weighted by Gasteiger charge is 2.33. The number of nitrogens with zero attached hydrogens (tertiary/aromatic N) is 3. The molecule has 0 saturated heterocycles. The number of alkyl halides is 3. The van der Waals surface area contributed by atoms with Crippen LogP contribution in [-0.4, -0.2) is 34.1 Å². The van der Waals surface area contributed by atoms with Crippen LogP contribution >= 0.6 is 0 Å². The second-order valence-electron chi connectivity index (χ2n) is 4.41. The molecule has 0 radical (unpaired) electrons. The van der Waals surface area contributed by atoms with Crippen molar-refractivity contribution in [2.24, 2.45) is 5.92 Å². The Hall–Kier alpha value is -1.86. The van der Waals surface area contributed by atoms with Gasteiger partial charge >= 0.3 is 12.1 Å². The average molecular weight is 277 g/mol. The number of hydrogen-bond acceptors (Lipinski definition) is 4. The summed E-state index contributed by atoms with van der Waals surface area (Å²) in [4.78, 5) is 19.0. The summed E-state index contributed by atoms with van der Waals surface area (Å²) in [5.74, 6) is -1.31. The van der Waals surface area contributed by atoms with E-state index in [-0.39, 0.29) is 18.4 Å². The molecule has 0 aromatic carbocycles. The van der Waals surface area contributed by atoms with Crippen molar-refractivity contribution in [1.29, 1.82) is 0 Å². The first-order valence-electron chi connectivity index (χ1n) is 5.57. The first-order chi connectivity index (χ1) is 8.70. The van der Waals surface area contributed by atoms with Crippen LogP contribution in [0.2, 0.25) is 0 Å². The van der Waals surface area contributed by atoms with E-state index in [1.807, 2.05) is 13.8 Å². The molecule has 1 N–H and O–H groups in total. The van der Waals surface area contributed by atoms with E-state index in [1.165, 1.54) is 4.90 Å². The lowest BCUT2D eigenvalue weighted by atomic mass is 10.2. The fraction of sp³-hybridized carbons (Fsp3) is 0.545. The average Bonchev–Trinajstić information content (AvgIpc) is 2.26. The Kier molecular flexibility index (Phi) is 4.68. The van der Waals surface area contributed by atoms with E-state index in [2.05, 4.69) is 9.97 Å². The number of carbonyl (C=O) groups is 1. The molecule has 0 fully saturated rings. The zero-order valence-electron chi connectivity index (χ0n) is 10.5. The van der Waals surface area contributed by atoms with Crippen molar-refractivity contribution >= 4 is 11.9 Å². The van der Waals surface area contributed by atoms with Gasteiger partial charge in [-0.25, -0.2) is 9.97 Å². The number of carboxylic acid groups (broad SMARTS) is 1. The van der Waals surface area contributed by atoms with Gasteiger partial charge in [-0.3, -0.25) is 4.79 Å². The second kappa shape index (κ2) is 5.85. The van der Waals surface area contributed by atoms with Crippen molar-refractivity contribution in [2.75, 3.05) is 18.0 Å². The van der Waals surface area contributed by atoms with Crippen LogP contribution in [-0.2, 0) is 11.0 Å². The normalized spacial score (nSPS) is 11.7. The zero-order valence-corrected chi connectivity index (χ0v) is 10.5. The number of halogens is 3. The SMILES string of the molecule is CC(C)CN(CC(=O)O)c1nccc(C(F)(F)F)n1. The highest BCUT2D eigenvalue weighted by Crippen LogP contribution is 2.28. The largest absolute Gasteiger partial charge is 0.480 e. The molecular formula is C11H14F3N3O2. The number of carboxylic acids is 1. The first-order valence-corrected chi connectivity index (χ1v) is 5.57. The number of aliphatic carboxylic acids is 1. The van der Waals surface area contributed by atoms with Gasteiger partial charge in [0.1, 0.15) is 12.2 Å². The molecule has 106 valence electrons. The minimum Gasteiger partial charge on any atom is -0.480 e. The van der Waals surface area contributed by atoms with E-state index in [1.54, 1.807) is 0 Å². The number of hydrogen-bond donors (Lipinski definition) is 1. The Bertz CT molecular complexity index is 449. The summed E-state index contributed by atoms with van der Waals surface area (Å²) in [6.07, 6.45) is -3.61. The molecule has 1 heterocycles. The lowest BCUT2D eigenvalue weighted by Gasteiger charge is -2.23. The fourth-order valence-corrected chi connectivity index (χ4v) is 1.48. The van der Waals surface area contributed by atoms with E-state index < -0.39 is 24.4 Å².